The summed E-state index contributed by atoms with van der Waals surface area (Å²) in [4.78, 5) is 0. The molecule has 5 rings (SSSR count). The van der Waals surface area contributed by atoms with Crippen LogP contribution < -0.4 is 0 Å². The van der Waals surface area contributed by atoms with Gasteiger partial charge in [-0.15, -0.1) is 10.2 Å². The van der Waals surface area contributed by atoms with Crippen LogP contribution in [0.5, 0.6) is 0 Å². The Hall–Kier alpha value is -3.27. The SMILES string of the molecule is c1ccc2c(c1)Cc1c(-c3ccc(-c4nn[nH]n4)cc3)cccc1-2. The molecular weight excluding hydrogens is 296 g/mol. The summed E-state index contributed by atoms with van der Waals surface area (Å²) in [5, 5.41) is 14.2. The molecular formula is C20H14N4. The van der Waals surface area contributed by atoms with E-state index in [1.807, 2.05) is 12.1 Å². The Balaban J connectivity index is 1.59. The standard InChI is InChI=1S/C20H14N4/c1-2-5-17-15(4-1)12-19-16(6-3-7-18(17)19)13-8-10-14(11-9-13)20-21-23-24-22-20/h1-11H,12H2,(H,21,22,23,24). The van der Waals surface area contributed by atoms with Gasteiger partial charge in [-0.1, -0.05) is 66.7 Å². The van der Waals surface area contributed by atoms with Crippen LogP contribution in [-0.2, 0) is 6.42 Å². The van der Waals surface area contributed by atoms with E-state index in [0.29, 0.717) is 5.82 Å². The van der Waals surface area contributed by atoms with Crippen LogP contribution in [0.1, 0.15) is 11.1 Å². The second-order valence-electron chi connectivity index (χ2n) is 5.98. The Morgan fingerprint density at radius 3 is 2.29 bits per heavy atom. The molecule has 24 heavy (non-hydrogen) atoms. The first-order valence-corrected chi connectivity index (χ1v) is 7.94. The van der Waals surface area contributed by atoms with Crippen molar-refractivity contribution in [1.29, 1.82) is 0 Å². The van der Waals surface area contributed by atoms with Crippen LogP contribution in [0.25, 0.3) is 33.6 Å². The zero-order valence-corrected chi connectivity index (χ0v) is 12.9. The fourth-order valence-electron chi connectivity index (χ4n) is 3.51. The molecule has 0 aliphatic heterocycles. The van der Waals surface area contributed by atoms with Gasteiger partial charge in [-0.05, 0) is 45.0 Å². The van der Waals surface area contributed by atoms with Gasteiger partial charge in [0.1, 0.15) is 0 Å². The minimum Gasteiger partial charge on any atom is -0.177 e. The topological polar surface area (TPSA) is 54.5 Å². The van der Waals surface area contributed by atoms with Crippen LogP contribution in [-0.4, -0.2) is 20.6 Å². The first kappa shape index (κ1) is 13.2. The van der Waals surface area contributed by atoms with Crippen molar-refractivity contribution in [3.8, 4) is 33.6 Å². The van der Waals surface area contributed by atoms with Crippen molar-refractivity contribution < 1.29 is 0 Å². The first-order chi connectivity index (χ1) is 11.9. The normalized spacial score (nSPS) is 12.0. The van der Waals surface area contributed by atoms with Crippen molar-refractivity contribution >= 4 is 0 Å². The maximum atomic E-state index is 4.03. The number of aromatic amines is 1. The monoisotopic (exact) mass is 310 g/mol. The van der Waals surface area contributed by atoms with E-state index < -0.39 is 0 Å². The van der Waals surface area contributed by atoms with Crippen LogP contribution >= 0.6 is 0 Å². The van der Waals surface area contributed by atoms with Crippen LogP contribution in [0.3, 0.4) is 0 Å². The minimum atomic E-state index is 0.618. The van der Waals surface area contributed by atoms with Gasteiger partial charge in [0.2, 0.25) is 5.82 Å². The highest BCUT2D eigenvalue weighted by molar-refractivity contribution is 5.85. The summed E-state index contributed by atoms with van der Waals surface area (Å²) in [6.07, 6.45) is 0.994. The molecule has 4 heteroatoms. The summed E-state index contributed by atoms with van der Waals surface area (Å²) in [6.45, 7) is 0. The van der Waals surface area contributed by atoms with Gasteiger partial charge in [0.05, 0.1) is 0 Å². The molecule has 4 nitrogen and oxygen atoms in total. The summed E-state index contributed by atoms with van der Waals surface area (Å²) in [7, 11) is 0. The Morgan fingerprint density at radius 1 is 0.708 bits per heavy atom. The molecule has 1 aromatic heterocycles. The molecule has 0 atom stereocenters. The fourth-order valence-corrected chi connectivity index (χ4v) is 3.51. The van der Waals surface area contributed by atoms with Crippen LogP contribution in [0.15, 0.2) is 66.7 Å². The first-order valence-electron chi connectivity index (χ1n) is 7.94. The molecule has 1 heterocycles. The van der Waals surface area contributed by atoms with Crippen LogP contribution in [0, 0.1) is 0 Å². The van der Waals surface area contributed by atoms with Crippen molar-refractivity contribution in [2.24, 2.45) is 0 Å². The van der Waals surface area contributed by atoms with Crippen molar-refractivity contribution in [2.45, 2.75) is 6.42 Å². The molecule has 0 unspecified atom stereocenters. The van der Waals surface area contributed by atoms with E-state index in [0.717, 1.165) is 12.0 Å². The lowest BCUT2D eigenvalue weighted by Gasteiger charge is -2.09. The maximum absolute atomic E-state index is 4.03. The number of nitrogens with one attached hydrogen (secondary N) is 1. The van der Waals surface area contributed by atoms with Gasteiger partial charge < -0.3 is 0 Å². The number of fused-ring (bicyclic) bond motifs is 3. The van der Waals surface area contributed by atoms with E-state index in [2.05, 4.69) is 75.2 Å². The van der Waals surface area contributed by atoms with E-state index in [1.54, 1.807) is 0 Å². The van der Waals surface area contributed by atoms with Gasteiger partial charge in [-0.3, -0.25) is 0 Å². The number of benzene rings is 3. The zero-order chi connectivity index (χ0) is 15.9. The van der Waals surface area contributed by atoms with Gasteiger partial charge in [-0.2, -0.15) is 5.21 Å². The van der Waals surface area contributed by atoms with E-state index in [-0.39, 0.29) is 0 Å². The summed E-state index contributed by atoms with van der Waals surface area (Å²) in [6, 6.07) is 23.6. The number of H-pyrrole nitrogens is 1. The second kappa shape index (κ2) is 5.13. The summed E-state index contributed by atoms with van der Waals surface area (Å²) in [5.74, 6) is 0.618. The molecule has 4 aromatic rings. The molecule has 1 N–H and O–H groups in total. The van der Waals surface area contributed by atoms with Crippen molar-refractivity contribution in [2.75, 3.05) is 0 Å². The van der Waals surface area contributed by atoms with Crippen molar-refractivity contribution in [3.63, 3.8) is 0 Å². The molecule has 0 spiro atoms. The molecule has 0 bridgehead atoms. The number of hydrogen-bond donors (Lipinski definition) is 1. The highest BCUT2D eigenvalue weighted by Gasteiger charge is 2.20. The lowest BCUT2D eigenvalue weighted by atomic mass is 9.95. The predicted molar refractivity (Wildman–Crippen MR) is 93.3 cm³/mol. The predicted octanol–water partition coefficient (Wildman–Crippen LogP) is 4.10. The molecule has 0 saturated heterocycles. The number of hydrogen-bond acceptors (Lipinski definition) is 3. The Morgan fingerprint density at radius 2 is 1.46 bits per heavy atom. The van der Waals surface area contributed by atoms with Crippen LogP contribution in [0.2, 0.25) is 0 Å². The summed E-state index contributed by atoms with van der Waals surface area (Å²) in [5.41, 5.74) is 9.00. The fraction of sp³-hybridized carbons (Fsp3) is 0.0500. The third-order valence-corrected chi connectivity index (χ3v) is 4.65. The number of aromatic nitrogens is 4. The van der Waals surface area contributed by atoms with E-state index in [4.69, 9.17) is 0 Å². The van der Waals surface area contributed by atoms with Gasteiger partial charge >= 0.3 is 0 Å². The third kappa shape index (κ3) is 1.97. The Kier molecular flexibility index (Phi) is 2.82. The number of rotatable bonds is 2. The smallest absolute Gasteiger partial charge is 0.177 e. The quantitative estimate of drug-likeness (QED) is 0.534. The lowest BCUT2D eigenvalue weighted by molar-refractivity contribution is 0.881. The number of tetrazole rings is 1. The zero-order valence-electron chi connectivity index (χ0n) is 12.9. The molecule has 0 amide bonds. The van der Waals surface area contributed by atoms with Gasteiger partial charge in [0.25, 0.3) is 0 Å². The van der Waals surface area contributed by atoms with Gasteiger partial charge in [0.15, 0.2) is 0 Å². The van der Waals surface area contributed by atoms with Crippen molar-refractivity contribution in [3.05, 3.63) is 77.9 Å². The third-order valence-electron chi connectivity index (χ3n) is 4.65. The van der Waals surface area contributed by atoms with Gasteiger partial charge in [0, 0.05) is 5.56 Å². The van der Waals surface area contributed by atoms with Crippen molar-refractivity contribution in [1.82, 2.24) is 20.6 Å². The highest BCUT2D eigenvalue weighted by Crippen LogP contribution is 2.41. The van der Waals surface area contributed by atoms with Gasteiger partial charge in [-0.25, -0.2) is 0 Å². The number of nitrogens with zero attached hydrogens (tertiary/aromatic N) is 3. The molecule has 1 aliphatic rings. The lowest BCUT2D eigenvalue weighted by Crippen LogP contribution is -1.88. The minimum absolute atomic E-state index is 0.618. The Labute approximate surface area is 139 Å². The molecule has 114 valence electrons. The van der Waals surface area contributed by atoms with E-state index in [9.17, 15) is 0 Å². The average Bonchev–Trinajstić information content (AvgIpc) is 3.29. The summed E-state index contributed by atoms with van der Waals surface area (Å²) >= 11 is 0. The molecule has 0 saturated carbocycles. The average molecular weight is 310 g/mol. The molecule has 3 aromatic carbocycles. The van der Waals surface area contributed by atoms with Crippen LogP contribution in [0.4, 0.5) is 0 Å². The Bertz CT molecular complexity index is 1020. The highest BCUT2D eigenvalue weighted by atomic mass is 15.5. The molecule has 0 radical (unpaired) electrons. The molecule has 1 aliphatic carbocycles. The maximum Gasteiger partial charge on any atom is 0.204 e. The summed E-state index contributed by atoms with van der Waals surface area (Å²) < 4.78 is 0. The second-order valence-corrected chi connectivity index (χ2v) is 5.98. The van der Waals surface area contributed by atoms with E-state index in [1.165, 1.54) is 33.4 Å². The molecule has 0 fully saturated rings. The largest absolute Gasteiger partial charge is 0.204 e. The van der Waals surface area contributed by atoms with E-state index >= 15 is 0 Å².